The van der Waals surface area contributed by atoms with Gasteiger partial charge in [0, 0.05) is 16.6 Å². The van der Waals surface area contributed by atoms with Crippen LogP contribution < -0.4 is 19.9 Å². The fourth-order valence-corrected chi connectivity index (χ4v) is 2.01. The molecule has 2 N–H and O–H groups in total. The molecule has 0 aliphatic carbocycles. The van der Waals surface area contributed by atoms with E-state index in [-0.39, 0.29) is 0 Å². The molecule has 0 aliphatic rings. The van der Waals surface area contributed by atoms with Gasteiger partial charge in [-0.2, -0.15) is 0 Å². The van der Waals surface area contributed by atoms with Crippen LogP contribution >= 0.6 is 15.9 Å². The van der Waals surface area contributed by atoms with E-state index in [1.807, 2.05) is 24.3 Å². The van der Waals surface area contributed by atoms with E-state index in [0.717, 1.165) is 10.0 Å². The van der Waals surface area contributed by atoms with Crippen molar-refractivity contribution in [3.05, 3.63) is 46.4 Å². The predicted molar refractivity (Wildman–Crippen MR) is 82.4 cm³/mol. The van der Waals surface area contributed by atoms with Crippen molar-refractivity contribution in [3.63, 3.8) is 0 Å². The summed E-state index contributed by atoms with van der Waals surface area (Å²) in [4.78, 5) is 0. The Balaban J connectivity index is 2.14. The van der Waals surface area contributed by atoms with Crippen molar-refractivity contribution in [2.75, 3.05) is 20.0 Å². The van der Waals surface area contributed by atoms with Gasteiger partial charge in [-0.3, -0.25) is 0 Å². The summed E-state index contributed by atoms with van der Waals surface area (Å²) < 4.78 is 17.2. The van der Waals surface area contributed by atoms with E-state index in [9.17, 15) is 0 Å². The first-order chi connectivity index (χ1) is 9.63. The SMILES string of the molecule is COc1cc(N)c(OCc2ccc(Br)cc2)cc1OC. The molecule has 0 fully saturated rings. The van der Waals surface area contributed by atoms with Crippen molar-refractivity contribution >= 4 is 21.6 Å². The van der Waals surface area contributed by atoms with Crippen molar-refractivity contribution < 1.29 is 14.2 Å². The lowest BCUT2D eigenvalue weighted by Crippen LogP contribution is -2.00. The molecule has 5 heteroatoms. The molecule has 2 aromatic rings. The molecule has 0 aromatic heterocycles. The molecule has 0 saturated carbocycles. The minimum absolute atomic E-state index is 0.437. The topological polar surface area (TPSA) is 53.7 Å². The van der Waals surface area contributed by atoms with E-state index in [1.54, 1.807) is 26.4 Å². The first-order valence-corrected chi connectivity index (χ1v) is 6.82. The summed E-state index contributed by atoms with van der Waals surface area (Å²) >= 11 is 3.40. The molecule has 0 heterocycles. The van der Waals surface area contributed by atoms with Gasteiger partial charge >= 0.3 is 0 Å². The summed E-state index contributed by atoms with van der Waals surface area (Å²) in [7, 11) is 3.15. The summed E-state index contributed by atoms with van der Waals surface area (Å²) in [5.74, 6) is 1.75. The Kier molecular flexibility index (Phi) is 4.74. The van der Waals surface area contributed by atoms with Crippen molar-refractivity contribution in [3.8, 4) is 17.2 Å². The van der Waals surface area contributed by atoms with E-state index >= 15 is 0 Å². The molecule has 0 spiro atoms. The third-order valence-electron chi connectivity index (χ3n) is 2.82. The van der Waals surface area contributed by atoms with E-state index in [2.05, 4.69) is 15.9 Å². The van der Waals surface area contributed by atoms with Crippen LogP contribution in [0.4, 0.5) is 5.69 Å². The minimum atomic E-state index is 0.437. The number of ether oxygens (including phenoxy) is 3. The van der Waals surface area contributed by atoms with Crippen LogP contribution in [0.2, 0.25) is 0 Å². The molecule has 2 rings (SSSR count). The lowest BCUT2D eigenvalue weighted by atomic mass is 10.2. The molecule has 0 aliphatic heterocycles. The van der Waals surface area contributed by atoms with Crippen LogP contribution in [0.3, 0.4) is 0 Å². The highest BCUT2D eigenvalue weighted by Crippen LogP contribution is 2.36. The summed E-state index contributed by atoms with van der Waals surface area (Å²) in [5.41, 5.74) is 7.51. The van der Waals surface area contributed by atoms with Gasteiger partial charge in [-0.1, -0.05) is 28.1 Å². The predicted octanol–water partition coefficient (Wildman–Crippen LogP) is 3.63. The van der Waals surface area contributed by atoms with Crippen LogP contribution in [0.25, 0.3) is 0 Å². The smallest absolute Gasteiger partial charge is 0.164 e. The zero-order valence-corrected chi connectivity index (χ0v) is 12.9. The lowest BCUT2D eigenvalue weighted by Gasteiger charge is -2.13. The molecule has 4 nitrogen and oxygen atoms in total. The molecular weight excluding hydrogens is 322 g/mol. The average Bonchev–Trinajstić information content (AvgIpc) is 2.47. The molecule has 0 atom stereocenters. The number of hydrogen-bond acceptors (Lipinski definition) is 4. The number of anilines is 1. The quantitative estimate of drug-likeness (QED) is 0.846. The van der Waals surface area contributed by atoms with Gasteiger partial charge in [-0.15, -0.1) is 0 Å². The molecule has 0 saturated heterocycles. The molecule has 106 valence electrons. The number of nitrogen functional groups attached to an aromatic ring is 1. The van der Waals surface area contributed by atoms with Crippen LogP contribution in [0, 0.1) is 0 Å². The van der Waals surface area contributed by atoms with E-state index in [0.29, 0.717) is 29.5 Å². The Morgan fingerprint density at radius 3 is 2.15 bits per heavy atom. The Morgan fingerprint density at radius 2 is 1.55 bits per heavy atom. The van der Waals surface area contributed by atoms with Crippen LogP contribution in [0.15, 0.2) is 40.9 Å². The number of halogens is 1. The fourth-order valence-electron chi connectivity index (χ4n) is 1.74. The van der Waals surface area contributed by atoms with Gasteiger partial charge in [0.25, 0.3) is 0 Å². The highest BCUT2D eigenvalue weighted by Gasteiger charge is 2.10. The van der Waals surface area contributed by atoms with E-state index < -0.39 is 0 Å². The summed E-state index contributed by atoms with van der Waals surface area (Å²) in [6.45, 7) is 0.437. The summed E-state index contributed by atoms with van der Waals surface area (Å²) in [6.07, 6.45) is 0. The number of methoxy groups -OCH3 is 2. The first-order valence-electron chi connectivity index (χ1n) is 6.02. The molecule has 0 radical (unpaired) electrons. The Labute approximate surface area is 126 Å². The van der Waals surface area contributed by atoms with Crippen LogP contribution in [-0.2, 0) is 6.61 Å². The van der Waals surface area contributed by atoms with Crippen LogP contribution in [-0.4, -0.2) is 14.2 Å². The van der Waals surface area contributed by atoms with Gasteiger partial charge in [-0.05, 0) is 17.7 Å². The third-order valence-corrected chi connectivity index (χ3v) is 3.35. The fraction of sp³-hybridized carbons (Fsp3) is 0.200. The Morgan fingerprint density at radius 1 is 0.950 bits per heavy atom. The summed E-state index contributed by atoms with van der Waals surface area (Å²) in [5, 5.41) is 0. The number of benzene rings is 2. The normalized spacial score (nSPS) is 10.2. The maximum Gasteiger partial charge on any atom is 0.164 e. The number of hydrogen-bond donors (Lipinski definition) is 1. The van der Waals surface area contributed by atoms with Crippen LogP contribution in [0.1, 0.15) is 5.56 Å². The van der Waals surface area contributed by atoms with Gasteiger partial charge < -0.3 is 19.9 Å². The van der Waals surface area contributed by atoms with Gasteiger partial charge in [-0.25, -0.2) is 0 Å². The molecule has 0 amide bonds. The molecule has 0 bridgehead atoms. The van der Waals surface area contributed by atoms with Gasteiger partial charge in [0.15, 0.2) is 11.5 Å². The Bertz CT molecular complexity index is 584. The monoisotopic (exact) mass is 337 g/mol. The zero-order chi connectivity index (χ0) is 14.5. The number of nitrogens with two attached hydrogens (primary N) is 1. The third kappa shape index (κ3) is 3.36. The van der Waals surface area contributed by atoms with Crippen LogP contribution in [0.5, 0.6) is 17.2 Å². The van der Waals surface area contributed by atoms with Crippen molar-refractivity contribution in [2.45, 2.75) is 6.61 Å². The molecular formula is C15H16BrNO3. The van der Waals surface area contributed by atoms with Gasteiger partial charge in [0.2, 0.25) is 0 Å². The number of rotatable bonds is 5. The van der Waals surface area contributed by atoms with E-state index in [4.69, 9.17) is 19.9 Å². The second-order valence-corrected chi connectivity index (χ2v) is 5.08. The van der Waals surface area contributed by atoms with Gasteiger partial charge in [0.1, 0.15) is 12.4 Å². The minimum Gasteiger partial charge on any atom is -0.493 e. The largest absolute Gasteiger partial charge is 0.493 e. The van der Waals surface area contributed by atoms with E-state index in [1.165, 1.54) is 0 Å². The zero-order valence-electron chi connectivity index (χ0n) is 11.4. The van der Waals surface area contributed by atoms with Crippen molar-refractivity contribution in [1.82, 2.24) is 0 Å². The average molecular weight is 338 g/mol. The Hall–Kier alpha value is -1.88. The second-order valence-electron chi connectivity index (χ2n) is 4.16. The molecule has 20 heavy (non-hydrogen) atoms. The van der Waals surface area contributed by atoms with Crippen molar-refractivity contribution in [2.24, 2.45) is 0 Å². The lowest BCUT2D eigenvalue weighted by molar-refractivity contribution is 0.302. The highest BCUT2D eigenvalue weighted by atomic mass is 79.9. The molecule has 2 aromatic carbocycles. The standard InChI is InChI=1S/C15H16BrNO3/c1-18-14-7-12(17)13(8-15(14)19-2)20-9-10-3-5-11(16)6-4-10/h3-8H,9,17H2,1-2H3. The second kappa shape index (κ2) is 6.52. The molecule has 0 unspecified atom stereocenters. The highest BCUT2D eigenvalue weighted by molar-refractivity contribution is 9.10. The van der Waals surface area contributed by atoms with Crippen molar-refractivity contribution in [1.29, 1.82) is 0 Å². The van der Waals surface area contributed by atoms with Gasteiger partial charge in [0.05, 0.1) is 19.9 Å². The summed E-state index contributed by atoms with van der Waals surface area (Å²) in [6, 6.07) is 11.3. The maximum absolute atomic E-state index is 5.94. The first kappa shape index (κ1) is 14.5. The maximum atomic E-state index is 5.94.